The minimum atomic E-state index is -1.55. The number of benzene rings is 1. The number of nitrogens with two attached hydrogens (primary N) is 1. The van der Waals surface area contributed by atoms with E-state index in [0.717, 1.165) is 12.1 Å². The molecule has 7 heteroatoms. The fraction of sp³-hybridized carbons (Fsp3) is 0.125. The Labute approximate surface area is 84.0 Å². The first-order valence-electron chi connectivity index (χ1n) is 3.94. The molecule has 4 nitrogen and oxygen atoms in total. The van der Waals surface area contributed by atoms with Crippen LogP contribution in [0.5, 0.6) is 0 Å². The van der Waals surface area contributed by atoms with E-state index in [1.165, 1.54) is 7.05 Å². The Morgan fingerprint density at radius 1 is 1.27 bits per heavy atom. The van der Waals surface area contributed by atoms with Crippen molar-refractivity contribution in [3.05, 3.63) is 29.6 Å². The normalized spacial score (nSPS) is 11.4. The molecule has 0 heterocycles. The quantitative estimate of drug-likeness (QED) is 0.216. The van der Waals surface area contributed by atoms with E-state index in [-0.39, 0.29) is 11.6 Å². The molecule has 4 N–H and O–H groups in total. The second-order valence-corrected chi connectivity index (χ2v) is 2.56. The van der Waals surface area contributed by atoms with Gasteiger partial charge in [-0.15, -0.1) is 0 Å². The average Bonchev–Trinajstić information content (AvgIpc) is 2.25. The first-order valence-corrected chi connectivity index (χ1v) is 3.94. The predicted octanol–water partition coefficient (Wildman–Crippen LogP) is 0.965. The summed E-state index contributed by atoms with van der Waals surface area (Å²) in [7, 11) is 1.39. The number of rotatable bonds is 1. The molecule has 0 spiro atoms. The van der Waals surface area contributed by atoms with Crippen LogP contribution in [-0.2, 0) is 0 Å². The fourth-order valence-corrected chi connectivity index (χ4v) is 0.907. The SMILES string of the molecule is CN=C(NN)Nc1ccc(F)c(F)c1F. The van der Waals surface area contributed by atoms with Crippen molar-refractivity contribution in [2.24, 2.45) is 10.8 Å². The number of guanidine groups is 1. The standard InChI is InChI=1S/C8H9F3N4/c1-13-8(15-12)14-5-3-2-4(9)6(10)7(5)11/h2-3H,12H2,1H3,(H2,13,14,15). The van der Waals surface area contributed by atoms with Crippen molar-refractivity contribution in [3.8, 4) is 0 Å². The van der Waals surface area contributed by atoms with Crippen molar-refractivity contribution in [1.29, 1.82) is 0 Å². The van der Waals surface area contributed by atoms with Crippen molar-refractivity contribution in [3.63, 3.8) is 0 Å². The van der Waals surface area contributed by atoms with Crippen LogP contribution in [0.4, 0.5) is 18.9 Å². The van der Waals surface area contributed by atoms with E-state index in [1.54, 1.807) is 0 Å². The second-order valence-electron chi connectivity index (χ2n) is 2.56. The van der Waals surface area contributed by atoms with Crippen LogP contribution in [0.15, 0.2) is 17.1 Å². The molecule has 0 aromatic heterocycles. The smallest absolute Gasteiger partial charge is 0.210 e. The molecule has 0 saturated heterocycles. The molecule has 0 aliphatic heterocycles. The predicted molar refractivity (Wildman–Crippen MR) is 50.6 cm³/mol. The minimum absolute atomic E-state index is 0.0277. The van der Waals surface area contributed by atoms with E-state index in [9.17, 15) is 13.2 Å². The van der Waals surface area contributed by atoms with Gasteiger partial charge in [0.05, 0.1) is 5.69 Å². The minimum Gasteiger partial charge on any atom is -0.323 e. The van der Waals surface area contributed by atoms with E-state index in [2.05, 4.69) is 15.7 Å². The zero-order valence-electron chi connectivity index (χ0n) is 7.81. The lowest BCUT2D eigenvalue weighted by Crippen LogP contribution is -2.36. The number of hydrogen-bond donors (Lipinski definition) is 3. The third-order valence-electron chi connectivity index (χ3n) is 1.65. The Balaban J connectivity index is 3.01. The summed E-state index contributed by atoms with van der Waals surface area (Å²) in [6.45, 7) is 0. The molecule has 0 unspecified atom stereocenters. The highest BCUT2D eigenvalue weighted by Gasteiger charge is 2.13. The van der Waals surface area contributed by atoms with E-state index >= 15 is 0 Å². The molecular weight excluding hydrogens is 209 g/mol. The van der Waals surface area contributed by atoms with Gasteiger partial charge in [0.15, 0.2) is 17.5 Å². The molecule has 1 aromatic carbocycles. The van der Waals surface area contributed by atoms with Gasteiger partial charge in [-0.2, -0.15) is 0 Å². The summed E-state index contributed by atoms with van der Waals surface area (Å²) in [5.41, 5.74) is 1.86. The molecule has 1 rings (SSSR count). The molecular formula is C8H9F3N4. The Hall–Kier alpha value is -1.76. The van der Waals surface area contributed by atoms with Crippen LogP contribution in [0.1, 0.15) is 0 Å². The Kier molecular flexibility index (Phi) is 3.51. The lowest BCUT2D eigenvalue weighted by molar-refractivity contribution is 0.449. The van der Waals surface area contributed by atoms with Crippen LogP contribution in [-0.4, -0.2) is 13.0 Å². The lowest BCUT2D eigenvalue weighted by Gasteiger charge is -2.09. The molecule has 0 aliphatic rings. The monoisotopic (exact) mass is 218 g/mol. The maximum absolute atomic E-state index is 13.1. The Bertz CT molecular complexity index is 392. The molecule has 0 atom stereocenters. The van der Waals surface area contributed by atoms with Gasteiger partial charge in [0, 0.05) is 7.05 Å². The number of nitrogens with one attached hydrogen (secondary N) is 2. The van der Waals surface area contributed by atoms with Crippen molar-refractivity contribution in [1.82, 2.24) is 5.43 Å². The van der Waals surface area contributed by atoms with Gasteiger partial charge in [-0.3, -0.25) is 10.4 Å². The van der Waals surface area contributed by atoms with Gasteiger partial charge >= 0.3 is 0 Å². The molecule has 0 radical (unpaired) electrons. The summed E-state index contributed by atoms with van der Waals surface area (Å²) in [5, 5.41) is 2.35. The molecule has 82 valence electrons. The average molecular weight is 218 g/mol. The van der Waals surface area contributed by atoms with Crippen LogP contribution in [0.25, 0.3) is 0 Å². The number of hydrazine groups is 1. The summed E-state index contributed by atoms with van der Waals surface area (Å²) in [6, 6.07) is 1.83. The van der Waals surface area contributed by atoms with Crippen molar-refractivity contribution >= 4 is 11.6 Å². The van der Waals surface area contributed by atoms with Crippen LogP contribution < -0.4 is 16.6 Å². The third-order valence-corrected chi connectivity index (χ3v) is 1.65. The number of halogens is 3. The van der Waals surface area contributed by atoms with Gasteiger partial charge in [-0.25, -0.2) is 19.0 Å². The molecule has 15 heavy (non-hydrogen) atoms. The van der Waals surface area contributed by atoms with Gasteiger partial charge in [-0.05, 0) is 12.1 Å². The highest BCUT2D eigenvalue weighted by molar-refractivity contribution is 5.93. The molecule has 0 amide bonds. The highest BCUT2D eigenvalue weighted by Crippen LogP contribution is 2.19. The summed E-state index contributed by atoms with van der Waals surface area (Å²) in [5.74, 6) is 0.911. The molecule has 0 bridgehead atoms. The van der Waals surface area contributed by atoms with E-state index in [1.807, 2.05) is 0 Å². The summed E-state index contributed by atoms with van der Waals surface area (Å²) in [4.78, 5) is 3.58. The lowest BCUT2D eigenvalue weighted by atomic mass is 10.3. The second kappa shape index (κ2) is 4.65. The van der Waals surface area contributed by atoms with E-state index in [4.69, 9.17) is 5.84 Å². The number of anilines is 1. The first kappa shape index (κ1) is 11.3. The van der Waals surface area contributed by atoms with Crippen molar-refractivity contribution in [2.45, 2.75) is 0 Å². The molecule has 0 saturated carbocycles. The fourth-order valence-electron chi connectivity index (χ4n) is 0.907. The van der Waals surface area contributed by atoms with Crippen LogP contribution in [0.2, 0.25) is 0 Å². The summed E-state index contributed by atoms with van der Waals surface area (Å²) >= 11 is 0. The van der Waals surface area contributed by atoms with Gasteiger partial charge < -0.3 is 5.32 Å². The molecule has 0 aliphatic carbocycles. The Morgan fingerprint density at radius 2 is 1.93 bits per heavy atom. The number of hydrogen-bond acceptors (Lipinski definition) is 2. The van der Waals surface area contributed by atoms with E-state index in [0.29, 0.717) is 0 Å². The zero-order chi connectivity index (χ0) is 11.4. The van der Waals surface area contributed by atoms with Gasteiger partial charge in [0.1, 0.15) is 0 Å². The number of aliphatic imine (C=N–C) groups is 1. The maximum atomic E-state index is 13.1. The highest BCUT2D eigenvalue weighted by atomic mass is 19.2. The number of nitrogens with zero attached hydrogens (tertiary/aromatic N) is 1. The largest absolute Gasteiger partial charge is 0.323 e. The van der Waals surface area contributed by atoms with E-state index < -0.39 is 17.5 Å². The van der Waals surface area contributed by atoms with Crippen molar-refractivity contribution < 1.29 is 13.2 Å². The van der Waals surface area contributed by atoms with Gasteiger partial charge in [0.2, 0.25) is 5.96 Å². The molecule has 1 aromatic rings. The van der Waals surface area contributed by atoms with Crippen LogP contribution in [0.3, 0.4) is 0 Å². The van der Waals surface area contributed by atoms with Crippen LogP contribution in [0, 0.1) is 17.5 Å². The topological polar surface area (TPSA) is 62.4 Å². The van der Waals surface area contributed by atoms with Crippen molar-refractivity contribution in [2.75, 3.05) is 12.4 Å². The Morgan fingerprint density at radius 3 is 2.47 bits per heavy atom. The van der Waals surface area contributed by atoms with Gasteiger partial charge in [0.25, 0.3) is 0 Å². The van der Waals surface area contributed by atoms with Gasteiger partial charge in [-0.1, -0.05) is 0 Å². The maximum Gasteiger partial charge on any atom is 0.210 e. The molecule has 0 fully saturated rings. The third kappa shape index (κ3) is 2.38. The van der Waals surface area contributed by atoms with Crippen LogP contribution >= 0.6 is 0 Å². The first-order chi connectivity index (χ1) is 7.10. The summed E-state index contributed by atoms with van der Waals surface area (Å²) in [6.07, 6.45) is 0. The summed E-state index contributed by atoms with van der Waals surface area (Å²) < 4.78 is 38.4. The zero-order valence-corrected chi connectivity index (χ0v) is 7.81.